The Bertz CT molecular complexity index is 318. The van der Waals surface area contributed by atoms with E-state index in [0.29, 0.717) is 5.75 Å². The summed E-state index contributed by atoms with van der Waals surface area (Å²) in [5, 5.41) is 0. The van der Waals surface area contributed by atoms with Crippen LogP contribution in [0, 0.1) is 0 Å². The Labute approximate surface area is 98.6 Å². The van der Waals surface area contributed by atoms with E-state index in [2.05, 4.69) is 20.8 Å². The van der Waals surface area contributed by atoms with Crippen LogP contribution in [-0.4, -0.2) is 5.97 Å². The number of hydrogen-bond donors (Lipinski definition) is 0. The van der Waals surface area contributed by atoms with Crippen molar-refractivity contribution in [1.82, 2.24) is 0 Å². The first-order valence-corrected chi connectivity index (χ1v) is 5.68. The molecule has 16 heavy (non-hydrogen) atoms. The van der Waals surface area contributed by atoms with Crippen LogP contribution in [0.3, 0.4) is 0 Å². The molecule has 0 aliphatic heterocycles. The summed E-state index contributed by atoms with van der Waals surface area (Å²) in [5.74, 6) is 0.319. The highest BCUT2D eigenvalue weighted by molar-refractivity contribution is 5.69. The second-order valence-corrected chi connectivity index (χ2v) is 4.37. The van der Waals surface area contributed by atoms with Gasteiger partial charge in [-0.3, -0.25) is 4.79 Å². The lowest BCUT2D eigenvalue weighted by Crippen LogP contribution is -2.10. The minimum absolute atomic E-state index is 0.134. The predicted molar refractivity (Wildman–Crippen MR) is 67.8 cm³/mol. The molecule has 0 N–H and O–H groups in total. The summed E-state index contributed by atoms with van der Waals surface area (Å²) in [5.41, 5.74) is 1.36. The van der Waals surface area contributed by atoms with Crippen LogP contribution in [-0.2, 0) is 10.2 Å². The van der Waals surface area contributed by atoms with Gasteiger partial charge in [0, 0.05) is 6.92 Å². The molecule has 90 valence electrons. The highest BCUT2D eigenvalue weighted by atomic mass is 16.5. The van der Waals surface area contributed by atoms with Crippen molar-refractivity contribution < 1.29 is 9.53 Å². The van der Waals surface area contributed by atoms with E-state index < -0.39 is 0 Å². The van der Waals surface area contributed by atoms with Crippen LogP contribution in [0.15, 0.2) is 24.3 Å². The van der Waals surface area contributed by atoms with Crippen molar-refractivity contribution in [3.63, 3.8) is 0 Å². The van der Waals surface area contributed by atoms with Gasteiger partial charge in [0.1, 0.15) is 5.75 Å². The molecule has 1 aromatic carbocycles. The Balaban J connectivity index is 0.00000106. The molecule has 0 bridgehead atoms. The molecule has 0 spiro atoms. The molecule has 0 aliphatic rings. The van der Waals surface area contributed by atoms with Gasteiger partial charge in [0.15, 0.2) is 0 Å². The minimum atomic E-state index is -0.284. The molecule has 0 heterocycles. The van der Waals surface area contributed by atoms with Gasteiger partial charge in [0.25, 0.3) is 0 Å². The molecule has 0 saturated heterocycles. The van der Waals surface area contributed by atoms with Crippen molar-refractivity contribution in [3.05, 3.63) is 29.8 Å². The van der Waals surface area contributed by atoms with E-state index in [9.17, 15) is 4.79 Å². The predicted octanol–water partition coefficient (Wildman–Crippen LogP) is 3.94. The lowest BCUT2D eigenvalue weighted by Gasteiger charge is -2.18. The molecule has 0 unspecified atom stereocenters. The van der Waals surface area contributed by atoms with E-state index in [1.807, 2.05) is 38.1 Å². The van der Waals surface area contributed by atoms with Crippen molar-refractivity contribution in [3.8, 4) is 5.75 Å². The van der Waals surface area contributed by atoms with Crippen LogP contribution in [0.2, 0.25) is 0 Å². The average molecular weight is 222 g/mol. The third kappa shape index (κ3) is 4.96. The summed E-state index contributed by atoms with van der Waals surface area (Å²) in [4.78, 5) is 10.7. The van der Waals surface area contributed by atoms with Crippen LogP contribution < -0.4 is 4.74 Å². The van der Waals surface area contributed by atoms with E-state index in [1.54, 1.807) is 0 Å². The maximum absolute atomic E-state index is 10.7. The molecule has 2 heteroatoms. The Morgan fingerprint density at radius 3 is 1.81 bits per heavy atom. The number of ether oxygens (including phenoxy) is 1. The molecule has 0 amide bonds. The van der Waals surface area contributed by atoms with Gasteiger partial charge in [-0.2, -0.15) is 0 Å². The normalized spacial score (nSPS) is 10.1. The molecule has 0 aliphatic carbocycles. The summed E-state index contributed by atoms with van der Waals surface area (Å²) < 4.78 is 4.94. The fourth-order valence-electron chi connectivity index (χ4n) is 1.19. The molecule has 0 aromatic heterocycles. The van der Waals surface area contributed by atoms with E-state index >= 15 is 0 Å². The van der Waals surface area contributed by atoms with Crippen molar-refractivity contribution in [2.45, 2.75) is 47.0 Å². The van der Waals surface area contributed by atoms with E-state index in [-0.39, 0.29) is 11.4 Å². The molecule has 0 atom stereocenters. The summed E-state index contributed by atoms with van der Waals surface area (Å²) in [7, 11) is 0. The zero-order valence-electron chi connectivity index (χ0n) is 11.1. The number of rotatable bonds is 1. The molecular weight excluding hydrogens is 200 g/mol. The standard InChI is InChI=1S/C12H16O2.C2H6/c1-9(13)14-11-7-5-10(6-8-11)12(2,3)4;1-2/h5-8H,1-4H3;1-2H3. The van der Waals surface area contributed by atoms with E-state index in [4.69, 9.17) is 4.74 Å². The number of carbonyl (C=O) groups excluding carboxylic acids is 1. The zero-order chi connectivity index (χ0) is 12.8. The lowest BCUT2D eigenvalue weighted by atomic mass is 9.87. The summed E-state index contributed by atoms with van der Waals surface area (Å²) in [6.07, 6.45) is 0. The maximum Gasteiger partial charge on any atom is 0.308 e. The fourth-order valence-corrected chi connectivity index (χ4v) is 1.19. The zero-order valence-corrected chi connectivity index (χ0v) is 11.1. The van der Waals surface area contributed by atoms with Gasteiger partial charge >= 0.3 is 5.97 Å². The summed E-state index contributed by atoms with van der Waals surface area (Å²) >= 11 is 0. The first kappa shape index (κ1) is 14.7. The van der Waals surface area contributed by atoms with Crippen LogP contribution in [0.1, 0.15) is 47.1 Å². The lowest BCUT2D eigenvalue weighted by molar-refractivity contribution is -0.131. The quantitative estimate of drug-likeness (QED) is 0.531. The van der Waals surface area contributed by atoms with Gasteiger partial charge < -0.3 is 4.74 Å². The first-order chi connectivity index (χ1) is 7.39. The molecule has 0 fully saturated rings. The average Bonchev–Trinajstić information content (AvgIpc) is 2.19. The van der Waals surface area contributed by atoms with Gasteiger partial charge in [-0.15, -0.1) is 0 Å². The second-order valence-electron chi connectivity index (χ2n) is 4.37. The van der Waals surface area contributed by atoms with Crippen molar-refractivity contribution >= 4 is 5.97 Å². The fraction of sp³-hybridized carbons (Fsp3) is 0.500. The molecule has 0 radical (unpaired) electrons. The van der Waals surface area contributed by atoms with Crippen molar-refractivity contribution in [2.75, 3.05) is 0 Å². The van der Waals surface area contributed by atoms with Gasteiger partial charge in [0.2, 0.25) is 0 Å². The number of esters is 1. The summed E-state index contributed by atoms with van der Waals surface area (Å²) in [6.45, 7) is 11.8. The monoisotopic (exact) mass is 222 g/mol. The van der Waals surface area contributed by atoms with Gasteiger partial charge in [-0.25, -0.2) is 0 Å². The number of hydrogen-bond acceptors (Lipinski definition) is 2. The van der Waals surface area contributed by atoms with Gasteiger partial charge in [-0.1, -0.05) is 46.8 Å². The van der Waals surface area contributed by atoms with Gasteiger partial charge in [0.05, 0.1) is 0 Å². The number of benzene rings is 1. The molecular formula is C14H22O2. The van der Waals surface area contributed by atoms with Crippen LogP contribution >= 0.6 is 0 Å². The van der Waals surface area contributed by atoms with Crippen molar-refractivity contribution in [2.24, 2.45) is 0 Å². The van der Waals surface area contributed by atoms with Crippen LogP contribution in [0.5, 0.6) is 5.75 Å². The smallest absolute Gasteiger partial charge is 0.308 e. The van der Waals surface area contributed by atoms with Crippen molar-refractivity contribution in [1.29, 1.82) is 0 Å². The first-order valence-electron chi connectivity index (χ1n) is 5.68. The molecule has 2 nitrogen and oxygen atoms in total. The Morgan fingerprint density at radius 1 is 1.06 bits per heavy atom. The van der Waals surface area contributed by atoms with E-state index in [1.165, 1.54) is 12.5 Å². The summed E-state index contributed by atoms with van der Waals surface area (Å²) in [6, 6.07) is 7.61. The molecule has 0 saturated carbocycles. The van der Waals surface area contributed by atoms with Crippen LogP contribution in [0.4, 0.5) is 0 Å². The second kappa shape index (κ2) is 6.31. The molecule has 1 aromatic rings. The Hall–Kier alpha value is -1.31. The third-order valence-corrected chi connectivity index (χ3v) is 1.98. The molecule has 1 rings (SSSR count). The number of carbonyl (C=O) groups is 1. The SMILES string of the molecule is CC.CC(=O)Oc1ccc(C(C)(C)C)cc1. The van der Waals surface area contributed by atoms with Gasteiger partial charge in [-0.05, 0) is 23.1 Å². The highest BCUT2D eigenvalue weighted by Gasteiger charge is 2.13. The maximum atomic E-state index is 10.7. The largest absolute Gasteiger partial charge is 0.427 e. The van der Waals surface area contributed by atoms with E-state index in [0.717, 1.165) is 0 Å². The van der Waals surface area contributed by atoms with Crippen LogP contribution in [0.25, 0.3) is 0 Å². The highest BCUT2D eigenvalue weighted by Crippen LogP contribution is 2.24. The Morgan fingerprint density at radius 2 is 1.50 bits per heavy atom. The topological polar surface area (TPSA) is 26.3 Å². The third-order valence-electron chi connectivity index (χ3n) is 1.98. The Kier molecular flexibility index (Phi) is 5.79. The minimum Gasteiger partial charge on any atom is -0.427 e.